The van der Waals surface area contributed by atoms with Gasteiger partial charge in [0.2, 0.25) is 11.8 Å². The summed E-state index contributed by atoms with van der Waals surface area (Å²) < 4.78 is 1.49. The highest BCUT2D eigenvalue weighted by Gasteiger charge is 2.53. The molecule has 1 aromatic heterocycles. The van der Waals surface area contributed by atoms with Gasteiger partial charge in [-0.25, -0.2) is 0 Å². The first-order valence-corrected chi connectivity index (χ1v) is 9.17. The number of β-amino-alcohol motifs (C(OH)–C–C–N with tert-alkyl or cyclic N) is 1. The molecule has 2 heterocycles. The minimum atomic E-state index is -1.06. The third-order valence-corrected chi connectivity index (χ3v) is 5.13. The van der Waals surface area contributed by atoms with Gasteiger partial charge < -0.3 is 15.3 Å². The molecule has 1 aliphatic carbocycles. The van der Waals surface area contributed by atoms with Gasteiger partial charge in [0, 0.05) is 30.3 Å². The topological polar surface area (TPSA) is 107 Å². The van der Waals surface area contributed by atoms with Crippen LogP contribution in [0.15, 0.2) is 10.9 Å². The van der Waals surface area contributed by atoms with E-state index in [1.165, 1.54) is 10.7 Å². The zero-order chi connectivity index (χ0) is 19.1. The first-order chi connectivity index (χ1) is 12.1. The Bertz CT molecular complexity index is 753. The van der Waals surface area contributed by atoms with E-state index >= 15 is 0 Å². The molecule has 0 bridgehead atoms. The Hall–Kier alpha value is -2.09. The lowest BCUT2D eigenvalue weighted by molar-refractivity contribution is -0.160. The molecule has 2 fully saturated rings. The summed E-state index contributed by atoms with van der Waals surface area (Å²) in [4.78, 5) is 37.8. The molecule has 144 valence electrons. The third kappa shape index (κ3) is 4.00. The van der Waals surface area contributed by atoms with Crippen molar-refractivity contribution in [3.05, 3.63) is 22.1 Å². The Morgan fingerprint density at radius 2 is 2.00 bits per heavy atom. The summed E-state index contributed by atoms with van der Waals surface area (Å²) in [5, 5.41) is 16.0. The van der Waals surface area contributed by atoms with E-state index in [0.29, 0.717) is 18.2 Å². The number of nitrogens with one attached hydrogen (secondary N) is 2. The summed E-state index contributed by atoms with van der Waals surface area (Å²) in [5.41, 5.74) is -0.901. The van der Waals surface area contributed by atoms with E-state index in [0.717, 1.165) is 12.8 Å². The maximum atomic E-state index is 12.2. The van der Waals surface area contributed by atoms with E-state index in [1.54, 1.807) is 4.90 Å². The molecular weight excluding hydrogens is 336 g/mol. The minimum Gasteiger partial charge on any atom is -0.384 e. The van der Waals surface area contributed by atoms with Gasteiger partial charge in [-0.2, -0.15) is 0 Å². The van der Waals surface area contributed by atoms with Crippen LogP contribution >= 0.6 is 0 Å². The Morgan fingerprint density at radius 1 is 1.35 bits per heavy atom. The van der Waals surface area contributed by atoms with Crippen molar-refractivity contribution in [1.29, 1.82) is 0 Å². The summed E-state index contributed by atoms with van der Waals surface area (Å²) in [6, 6.07) is 1.43. The van der Waals surface area contributed by atoms with Crippen LogP contribution in [0, 0.1) is 11.3 Å². The van der Waals surface area contributed by atoms with Gasteiger partial charge in [0.15, 0.2) is 0 Å². The van der Waals surface area contributed by atoms with Gasteiger partial charge in [0.25, 0.3) is 5.56 Å². The number of rotatable bonds is 7. The molecule has 0 aromatic carbocycles. The second-order valence-corrected chi connectivity index (χ2v) is 8.52. The zero-order valence-corrected chi connectivity index (χ0v) is 15.7. The van der Waals surface area contributed by atoms with E-state index in [4.69, 9.17) is 0 Å². The molecule has 1 saturated heterocycles. The van der Waals surface area contributed by atoms with Crippen LogP contribution in [0.3, 0.4) is 0 Å². The van der Waals surface area contributed by atoms with Gasteiger partial charge in [0.05, 0.1) is 19.5 Å². The van der Waals surface area contributed by atoms with E-state index in [2.05, 4.69) is 10.4 Å². The molecular formula is C18H28N4O4. The Balaban J connectivity index is 1.45. The van der Waals surface area contributed by atoms with Crippen LogP contribution in [0.2, 0.25) is 0 Å². The molecule has 26 heavy (non-hydrogen) atoms. The Kier molecular flexibility index (Phi) is 4.72. The maximum absolute atomic E-state index is 12.2. The predicted octanol–water partition coefficient (Wildman–Crippen LogP) is -0.135. The molecule has 3 rings (SSSR count). The van der Waals surface area contributed by atoms with Crippen molar-refractivity contribution in [3.63, 3.8) is 0 Å². The summed E-state index contributed by atoms with van der Waals surface area (Å²) in [6.45, 7) is 7.15. The lowest BCUT2D eigenvalue weighted by Crippen LogP contribution is -2.68. The molecule has 2 amide bonds. The van der Waals surface area contributed by atoms with Crippen molar-refractivity contribution in [3.8, 4) is 0 Å². The van der Waals surface area contributed by atoms with Crippen LogP contribution in [0.4, 0.5) is 0 Å². The molecule has 2 aliphatic rings. The molecule has 0 atom stereocenters. The van der Waals surface area contributed by atoms with Crippen molar-refractivity contribution in [2.24, 2.45) is 11.3 Å². The first-order valence-electron chi connectivity index (χ1n) is 9.17. The second-order valence-electron chi connectivity index (χ2n) is 8.52. The number of hydrogen-bond acceptors (Lipinski definition) is 4. The molecule has 0 spiro atoms. The van der Waals surface area contributed by atoms with Gasteiger partial charge in [-0.15, -0.1) is 0 Å². The highest BCUT2D eigenvalue weighted by Crippen LogP contribution is 2.47. The molecule has 3 N–H and O–H groups in total. The standard InChI is InChI=1S/C18H28N4O4/c1-12(2)8-22-15(24)7-13(20-22)6-14(23)19-9-18(26)10-21(11-18)16(25)17(3)4-5-17/h7,12,20,26H,4-6,8-11H2,1-3H3,(H,19,23). The van der Waals surface area contributed by atoms with Crippen molar-refractivity contribution in [2.75, 3.05) is 19.6 Å². The molecule has 8 nitrogen and oxygen atoms in total. The third-order valence-electron chi connectivity index (χ3n) is 5.13. The number of aromatic amines is 1. The summed E-state index contributed by atoms with van der Waals surface area (Å²) in [7, 11) is 0. The fraction of sp³-hybridized carbons (Fsp3) is 0.722. The van der Waals surface area contributed by atoms with Gasteiger partial charge in [-0.1, -0.05) is 20.8 Å². The summed E-state index contributed by atoms with van der Waals surface area (Å²) >= 11 is 0. The first kappa shape index (κ1) is 18.7. The summed E-state index contributed by atoms with van der Waals surface area (Å²) in [6.07, 6.45) is 1.87. The lowest BCUT2D eigenvalue weighted by Gasteiger charge is -2.47. The minimum absolute atomic E-state index is 0.0527. The number of nitrogens with zero attached hydrogens (tertiary/aromatic N) is 2. The predicted molar refractivity (Wildman–Crippen MR) is 95.5 cm³/mol. The van der Waals surface area contributed by atoms with Crippen molar-refractivity contribution in [1.82, 2.24) is 20.0 Å². The fourth-order valence-corrected chi connectivity index (χ4v) is 3.28. The largest absolute Gasteiger partial charge is 0.384 e. The maximum Gasteiger partial charge on any atom is 0.266 e. The van der Waals surface area contributed by atoms with Gasteiger partial charge in [0.1, 0.15) is 5.60 Å². The quantitative estimate of drug-likeness (QED) is 0.626. The number of aliphatic hydroxyl groups is 1. The highest BCUT2D eigenvalue weighted by molar-refractivity contribution is 5.86. The van der Waals surface area contributed by atoms with E-state index in [9.17, 15) is 19.5 Å². The smallest absolute Gasteiger partial charge is 0.266 e. The van der Waals surface area contributed by atoms with Crippen molar-refractivity contribution >= 4 is 11.8 Å². The normalized spacial score (nSPS) is 20.0. The molecule has 0 unspecified atom stereocenters. The van der Waals surface area contributed by atoms with E-state index in [-0.39, 0.29) is 48.8 Å². The van der Waals surface area contributed by atoms with Crippen LogP contribution < -0.4 is 10.9 Å². The molecule has 8 heteroatoms. The zero-order valence-electron chi connectivity index (χ0n) is 15.7. The van der Waals surface area contributed by atoms with Crippen LogP contribution in [0.1, 0.15) is 39.3 Å². The summed E-state index contributed by atoms with van der Waals surface area (Å²) in [5.74, 6) is 0.150. The Labute approximate surface area is 152 Å². The van der Waals surface area contributed by atoms with E-state index < -0.39 is 5.60 Å². The van der Waals surface area contributed by atoms with Crippen LogP contribution in [0.25, 0.3) is 0 Å². The van der Waals surface area contributed by atoms with Crippen molar-refractivity contribution < 1.29 is 14.7 Å². The number of H-pyrrole nitrogens is 1. The molecule has 1 aromatic rings. The van der Waals surface area contributed by atoms with Gasteiger partial charge in [-0.05, 0) is 18.8 Å². The molecule has 1 aliphatic heterocycles. The van der Waals surface area contributed by atoms with Gasteiger partial charge in [-0.3, -0.25) is 24.2 Å². The fourth-order valence-electron chi connectivity index (χ4n) is 3.28. The number of likely N-dealkylation sites (tertiary alicyclic amines) is 1. The number of hydrogen-bond donors (Lipinski definition) is 3. The number of carbonyl (C=O) groups excluding carboxylic acids is 2. The van der Waals surface area contributed by atoms with Crippen molar-refractivity contribution in [2.45, 2.75) is 52.2 Å². The number of carbonyl (C=O) groups is 2. The number of amides is 2. The second kappa shape index (κ2) is 6.57. The average molecular weight is 364 g/mol. The number of aromatic nitrogens is 2. The SMILES string of the molecule is CC(C)Cn1[nH]c(CC(=O)NCC2(O)CN(C(=O)C3(C)CC3)C2)cc1=O. The van der Waals surface area contributed by atoms with Crippen LogP contribution in [-0.2, 0) is 22.6 Å². The van der Waals surface area contributed by atoms with Gasteiger partial charge >= 0.3 is 0 Å². The molecule has 0 radical (unpaired) electrons. The van der Waals surface area contributed by atoms with E-state index in [1.807, 2.05) is 20.8 Å². The molecule has 1 saturated carbocycles. The van der Waals surface area contributed by atoms with Crippen LogP contribution in [-0.4, -0.2) is 56.8 Å². The average Bonchev–Trinajstić information content (AvgIpc) is 3.18. The highest BCUT2D eigenvalue weighted by atomic mass is 16.3. The lowest BCUT2D eigenvalue weighted by atomic mass is 9.91. The Morgan fingerprint density at radius 3 is 2.58 bits per heavy atom. The monoisotopic (exact) mass is 364 g/mol. The van der Waals surface area contributed by atoms with Crippen LogP contribution in [0.5, 0.6) is 0 Å².